The van der Waals surface area contributed by atoms with E-state index in [1.807, 2.05) is 0 Å². The first kappa shape index (κ1) is 15.9. The van der Waals surface area contributed by atoms with Gasteiger partial charge in [-0.25, -0.2) is 4.39 Å². The Morgan fingerprint density at radius 3 is 2.81 bits per heavy atom. The number of nitrogens with zero attached hydrogens (tertiary/aromatic N) is 1. The Morgan fingerprint density at radius 2 is 2.14 bits per heavy atom. The van der Waals surface area contributed by atoms with Crippen molar-refractivity contribution in [2.45, 2.75) is 13.0 Å². The van der Waals surface area contributed by atoms with E-state index in [2.05, 4.69) is 10.2 Å². The number of rotatable bonds is 5. The van der Waals surface area contributed by atoms with Crippen molar-refractivity contribution < 1.29 is 19.0 Å². The van der Waals surface area contributed by atoms with Gasteiger partial charge < -0.3 is 15.2 Å². The summed E-state index contributed by atoms with van der Waals surface area (Å²) in [5.41, 5.74) is 0.958. The van der Waals surface area contributed by atoms with Gasteiger partial charge in [0.2, 0.25) is 0 Å². The number of amides is 1. The number of carbonyl (C=O) groups excluding carboxylic acids is 1. The van der Waals surface area contributed by atoms with Crippen LogP contribution >= 0.6 is 0 Å². The van der Waals surface area contributed by atoms with Gasteiger partial charge >= 0.3 is 0 Å². The average molecular weight is 296 g/mol. The van der Waals surface area contributed by atoms with Gasteiger partial charge in [-0.05, 0) is 30.7 Å². The first-order valence-electron chi connectivity index (χ1n) is 7.08. The zero-order valence-corrected chi connectivity index (χ0v) is 12.1. The maximum atomic E-state index is 13.2. The van der Waals surface area contributed by atoms with E-state index in [1.54, 1.807) is 13.0 Å². The summed E-state index contributed by atoms with van der Waals surface area (Å²) >= 11 is 0. The van der Waals surface area contributed by atoms with E-state index in [0.717, 1.165) is 13.1 Å². The molecule has 0 aromatic heterocycles. The fraction of sp³-hybridized carbons (Fsp3) is 0.533. The molecule has 1 fully saturated rings. The molecule has 2 N–H and O–H groups in total. The number of benzene rings is 1. The molecule has 1 unspecified atom stereocenters. The predicted octanol–water partition coefficient (Wildman–Crippen LogP) is 0.557. The highest BCUT2D eigenvalue weighted by molar-refractivity contribution is 5.94. The molecule has 1 atom stereocenters. The van der Waals surface area contributed by atoms with E-state index < -0.39 is 11.9 Å². The van der Waals surface area contributed by atoms with E-state index in [0.29, 0.717) is 25.3 Å². The zero-order valence-electron chi connectivity index (χ0n) is 12.1. The monoisotopic (exact) mass is 296 g/mol. The van der Waals surface area contributed by atoms with Crippen molar-refractivity contribution >= 4 is 5.91 Å². The minimum absolute atomic E-state index is 0.145. The molecule has 1 aliphatic rings. The molecular weight excluding hydrogens is 275 g/mol. The molecule has 0 spiro atoms. The predicted molar refractivity (Wildman–Crippen MR) is 76.7 cm³/mol. The quantitative estimate of drug-likeness (QED) is 0.833. The van der Waals surface area contributed by atoms with Crippen molar-refractivity contribution in [3.05, 3.63) is 35.1 Å². The van der Waals surface area contributed by atoms with Gasteiger partial charge in [-0.3, -0.25) is 9.69 Å². The van der Waals surface area contributed by atoms with Gasteiger partial charge in [0.25, 0.3) is 5.91 Å². The van der Waals surface area contributed by atoms with Crippen LogP contribution < -0.4 is 5.32 Å². The SMILES string of the molecule is Cc1cc(F)cc(C(=O)NCC(O)CN2CCOCC2)c1. The third kappa shape index (κ3) is 5.08. The van der Waals surface area contributed by atoms with E-state index in [4.69, 9.17) is 4.74 Å². The van der Waals surface area contributed by atoms with Crippen molar-refractivity contribution in [1.82, 2.24) is 10.2 Å². The number of morpholine rings is 1. The van der Waals surface area contributed by atoms with Gasteiger partial charge in [0.1, 0.15) is 5.82 Å². The second kappa shape index (κ2) is 7.49. The van der Waals surface area contributed by atoms with Gasteiger partial charge in [-0.2, -0.15) is 0 Å². The molecule has 0 bridgehead atoms. The lowest BCUT2D eigenvalue weighted by Crippen LogP contribution is -2.44. The first-order chi connectivity index (χ1) is 10.0. The second-order valence-corrected chi connectivity index (χ2v) is 5.29. The molecule has 1 aliphatic heterocycles. The Balaban J connectivity index is 1.79. The molecule has 2 rings (SSSR count). The number of halogens is 1. The van der Waals surface area contributed by atoms with Crippen LogP contribution in [0.25, 0.3) is 0 Å². The van der Waals surface area contributed by atoms with E-state index >= 15 is 0 Å². The maximum Gasteiger partial charge on any atom is 0.251 e. The highest BCUT2D eigenvalue weighted by Crippen LogP contribution is 2.08. The zero-order chi connectivity index (χ0) is 15.2. The molecule has 1 aromatic rings. The van der Waals surface area contributed by atoms with Crippen LogP contribution in [0.1, 0.15) is 15.9 Å². The van der Waals surface area contributed by atoms with Crippen molar-refractivity contribution in [1.29, 1.82) is 0 Å². The summed E-state index contributed by atoms with van der Waals surface area (Å²) in [6.45, 7) is 5.27. The smallest absolute Gasteiger partial charge is 0.251 e. The normalized spacial score (nSPS) is 17.5. The lowest BCUT2D eigenvalue weighted by Gasteiger charge is -2.28. The Bertz CT molecular complexity index is 470. The number of carbonyl (C=O) groups is 1. The molecule has 1 heterocycles. The summed E-state index contributed by atoms with van der Waals surface area (Å²) in [4.78, 5) is 14.0. The largest absolute Gasteiger partial charge is 0.390 e. The number of β-amino-alcohol motifs (C(OH)–C–C–N with tert-alkyl or cyclic N) is 1. The number of nitrogens with one attached hydrogen (secondary N) is 1. The van der Waals surface area contributed by atoms with Crippen LogP contribution in [-0.2, 0) is 4.74 Å². The Kier molecular flexibility index (Phi) is 5.67. The van der Waals surface area contributed by atoms with Gasteiger partial charge in [-0.15, -0.1) is 0 Å². The lowest BCUT2D eigenvalue weighted by atomic mass is 10.1. The highest BCUT2D eigenvalue weighted by Gasteiger charge is 2.16. The molecule has 0 saturated carbocycles. The van der Waals surface area contributed by atoms with Gasteiger partial charge in [-0.1, -0.05) is 0 Å². The number of hydrogen-bond acceptors (Lipinski definition) is 4. The third-order valence-electron chi connectivity index (χ3n) is 3.38. The molecular formula is C15H21FN2O3. The summed E-state index contributed by atoms with van der Waals surface area (Å²) in [7, 11) is 0. The molecule has 0 radical (unpaired) electrons. The van der Waals surface area contributed by atoms with Crippen molar-refractivity contribution in [2.75, 3.05) is 39.4 Å². The van der Waals surface area contributed by atoms with Crippen LogP contribution in [0.5, 0.6) is 0 Å². The van der Waals surface area contributed by atoms with Crippen molar-refractivity contribution in [3.8, 4) is 0 Å². The molecule has 1 amide bonds. The standard InChI is InChI=1S/C15H21FN2O3/c1-11-6-12(8-13(16)7-11)15(20)17-9-14(19)10-18-2-4-21-5-3-18/h6-8,14,19H,2-5,9-10H2,1H3,(H,17,20). The van der Waals surface area contributed by atoms with Gasteiger partial charge in [0.05, 0.1) is 19.3 Å². The van der Waals surface area contributed by atoms with Crippen LogP contribution in [0.15, 0.2) is 18.2 Å². The fourth-order valence-corrected chi connectivity index (χ4v) is 2.33. The van der Waals surface area contributed by atoms with Crippen LogP contribution in [0.3, 0.4) is 0 Å². The van der Waals surface area contributed by atoms with Gasteiger partial charge in [0, 0.05) is 31.7 Å². The van der Waals surface area contributed by atoms with Crippen LogP contribution in [0.4, 0.5) is 4.39 Å². The third-order valence-corrected chi connectivity index (χ3v) is 3.38. The topological polar surface area (TPSA) is 61.8 Å². The number of hydrogen-bond donors (Lipinski definition) is 2. The van der Waals surface area contributed by atoms with Crippen LogP contribution in [0.2, 0.25) is 0 Å². The van der Waals surface area contributed by atoms with Gasteiger partial charge in [0.15, 0.2) is 0 Å². The molecule has 1 saturated heterocycles. The van der Waals surface area contributed by atoms with Crippen LogP contribution in [0, 0.1) is 12.7 Å². The molecule has 1 aromatic carbocycles. The molecule has 5 nitrogen and oxygen atoms in total. The number of aryl methyl sites for hydroxylation is 1. The molecule has 116 valence electrons. The highest BCUT2D eigenvalue weighted by atomic mass is 19.1. The first-order valence-corrected chi connectivity index (χ1v) is 7.08. The molecule has 21 heavy (non-hydrogen) atoms. The Labute approximate surface area is 123 Å². The summed E-state index contributed by atoms with van der Waals surface area (Å²) in [5, 5.41) is 12.6. The summed E-state index contributed by atoms with van der Waals surface area (Å²) in [5.74, 6) is -0.812. The van der Waals surface area contributed by atoms with E-state index in [9.17, 15) is 14.3 Å². The van der Waals surface area contributed by atoms with E-state index in [1.165, 1.54) is 12.1 Å². The lowest BCUT2D eigenvalue weighted by molar-refractivity contribution is 0.0149. The summed E-state index contributed by atoms with van der Waals surface area (Å²) in [6, 6.07) is 4.17. The summed E-state index contributed by atoms with van der Waals surface area (Å²) in [6.07, 6.45) is -0.651. The van der Waals surface area contributed by atoms with Crippen molar-refractivity contribution in [2.24, 2.45) is 0 Å². The van der Waals surface area contributed by atoms with Crippen LogP contribution in [-0.4, -0.2) is 61.4 Å². The Morgan fingerprint density at radius 1 is 1.43 bits per heavy atom. The maximum absolute atomic E-state index is 13.2. The number of aliphatic hydroxyl groups is 1. The Hall–Kier alpha value is -1.50. The molecule has 6 heteroatoms. The number of ether oxygens (including phenoxy) is 1. The minimum Gasteiger partial charge on any atom is -0.390 e. The van der Waals surface area contributed by atoms with Crippen molar-refractivity contribution in [3.63, 3.8) is 0 Å². The fourth-order valence-electron chi connectivity index (χ4n) is 2.33. The molecule has 0 aliphatic carbocycles. The second-order valence-electron chi connectivity index (χ2n) is 5.29. The van der Waals surface area contributed by atoms with E-state index in [-0.39, 0.29) is 18.0 Å². The minimum atomic E-state index is -0.651. The summed E-state index contributed by atoms with van der Waals surface area (Å²) < 4.78 is 18.5. The average Bonchev–Trinajstić information content (AvgIpc) is 2.45. The number of aliphatic hydroxyl groups excluding tert-OH is 1.